The van der Waals surface area contributed by atoms with Crippen LogP contribution in [-0.4, -0.2) is 57.8 Å². The Morgan fingerprint density at radius 1 is 1.25 bits per heavy atom. The maximum absolute atomic E-state index is 9.77. The normalized spacial score (nSPS) is 12.3. The van der Waals surface area contributed by atoms with Crippen molar-refractivity contribution in [3.05, 3.63) is 29.8 Å². The molecule has 2 N–H and O–H groups in total. The minimum absolute atomic E-state index is 0.279. The number of methoxy groups -OCH3 is 1. The Kier molecular flexibility index (Phi) is 8.98. The van der Waals surface area contributed by atoms with Crippen molar-refractivity contribution < 1.29 is 19.3 Å². The molecule has 5 heteroatoms. The van der Waals surface area contributed by atoms with Crippen molar-refractivity contribution in [2.45, 2.75) is 13.0 Å². The molecule has 0 aliphatic rings. The SMILES string of the molecule is COCCOCCNCC(O)COc1cccc(C)c1. The zero-order valence-corrected chi connectivity index (χ0v) is 12.3. The van der Waals surface area contributed by atoms with Gasteiger partial charge in [-0.15, -0.1) is 0 Å². The third kappa shape index (κ3) is 8.12. The summed E-state index contributed by atoms with van der Waals surface area (Å²) in [7, 11) is 1.65. The molecule has 1 unspecified atom stereocenters. The van der Waals surface area contributed by atoms with E-state index in [2.05, 4.69) is 5.32 Å². The van der Waals surface area contributed by atoms with E-state index in [1.165, 1.54) is 0 Å². The summed E-state index contributed by atoms with van der Waals surface area (Å²) in [4.78, 5) is 0. The van der Waals surface area contributed by atoms with Gasteiger partial charge in [-0.3, -0.25) is 0 Å². The lowest BCUT2D eigenvalue weighted by Gasteiger charge is -2.13. The van der Waals surface area contributed by atoms with Gasteiger partial charge in [0.05, 0.1) is 19.8 Å². The van der Waals surface area contributed by atoms with Crippen molar-refractivity contribution in [3.8, 4) is 5.75 Å². The number of hydrogen-bond acceptors (Lipinski definition) is 5. The fraction of sp³-hybridized carbons (Fsp3) is 0.600. The summed E-state index contributed by atoms with van der Waals surface area (Å²) in [5.41, 5.74) is 1.14. The molecule has 0 amide bonds. The largest absolute Gasteiger partial charge is 0.491 e. The highest BCUT2D eigenvalue weighted by Gasteiger charge is 2.04. The number of aliphatic hydroxyl groups excluding tert-OH is 1. The third-order valence-corrected chi connectivity index (χ3v) is 2.67. The molecule has 1 aromatic rings. The molecule has 0 fully saturated rings. The van der Waals surface area contributed by atoms with Gasteiger partial charge in [-0.2, -0.15) is 0 Å². The van der Waals surface area contributed by atoms with Crippen molar-refractivity contribution in [2.75, 3.05) is 46.6 Å². The molecule has 0 aliphatic heterocycles. The first-order chi connectivity index (χ1) is 9.72. The molecule has 0 heterocycles. The molecule has 0 aromatic heterocycles. The number of rotatable bonds is 11. The van der Waals surface area contributed by atoms with Gasteiger partial charge in [-0.05, 0) is 24.6 Å². The lowest BCUT2D eigenvalue weighted by molar-refractivity contribution is 0.0679. The summed E-state index contributed by atoms with van der Waals surface area (Å²) in [6.07, 6.45) is -0.533. The molecule has 0 saturated carbocycles. The number of hydrogen-bond donors (Lipinski definition) is 2. The lowest BCUT2D eigenvalue weighted by atomic mass is 10.2. The van der Waals surface area contributed by atoms with Crippen molar-refractivity contribution in [1.82, 2.24) is 5.32 Å². The van der Waals surface area contributed by atoms with Crippen LogP contribution >= 0.6 is 0 Å². The average molecular weight is 283 g/mol. The van der Waals surface area contributed by atoms with E-state index >= 15 is 0 Å². The molecular weight excluding hydrogens is 258 g/mol. The van der Waals surface area contributed by atoms with Crippen LogP contribution in [-0.2, 0) is 9.47 Å². The molecule has 5 nitrogen and oxygen atoms in total. The van der Waals surface area contributed by atoms with Crippen LogP contribution in [0.2, 0.25) is 0 Å². The quantitative estimate of drug-likeness (QED) is 0.593. The summed E-state index contributed by atoms with van der Waals surface area (Å²) in [5, 5.41) is 12.9. The van der Waals surface area contributed by atoms with E-state index in [0.29, 0.717) is 32.9 Å². The van der Waals surface area contributed by atoms with Crippen LogP contribution < -0.4 is 10.1 Å². The van der Waals surface area contributed by atoms with E-state index in [4.69, 9.17) is 14.2 Å². The molecule has 0 aliphatic carbocycles. The van der Waals surface area contributed by atoms with Crippen molar-refractivity contribution in [1.29, 1.82) is 0 Å². The van der Waals surface area contributed by atoms with Gasteiger partial charge < -0.3 is 24.6 Å². The molecule has 114 valence electrons. The van der Waals surface area contributed by atoms with Gasteiger partial charge in [0.1, 0.15) is 18.5 Å². The zero-order chi connectivity index (χ0) is 14.6. The van der Waals surface area contributed by atoms with E-state index in [0.717, 1.165) is 11.3 Å². The van der Waals surface area contributed by atoms with Gasteiger partial charge in [0.2, 0.25) is 0 Å². The Balaban J connectivity index is 2.01. The van der Waals surface area contributed by atoms with Crippen LogP contribution in [0.1, 0.15) is 5.56 Å². The fourth-order valence-corrected chi connectivity index (χ4v) is 1.61. The van der Waals surface area contributed by atoms with Crippen molar-refractivity contribution in [3.63, 3.8) is 0 Å². The molecule has 0 saturated heterocycles. The summed E-state index contributed by atoms with van der Waals surface area (Å²) < 4.78 is 15.7. The minimum Gasteiger partial charge on any atom is -0.491 e. The van der Waals surface area contributed by atoms with E-state index in [9.17, 15) is 5.11 Å². The first kappa shape index (κ1) is 16.9. The Morgan fingerprint density at radius 2 is 2.10 bits per heavy atom. The van der Waals surface area contributed by atoms with Crippen molar-refractivity contribution >= 4 is 0 Å². The van der Waals surface area contributed by atoms with Gasteiger partial charge in [0.15, 0.2) is 0 Å². The fourth-order valence-electron chi connectivity index (χ4n) is 1.61. The van der Waals surface area contributed by atoms with Crippen LogP contribution in [0.15, 0.2) is 24.3 Å². The number of aryl methyl sites for hydroxylation is 1. The first-order valence-corrected chi connectivity index (χ1v) is 6.87. The standard InChI is InChI=1S/C15H25NO4/c1-13-4-3-5-15(10-13)20-12-14(17)11-16-6-7-19-9-8-18-2/h3-5,10,14,16-17H,6-9,11-12H2,1-2H3. The average Bonchev–Trinajstić information content (AvgIpc) is 2.44. The van der Waals surface area contributed by atoms with Gasteiger partial charge in [0, 0.05) is 20.2 Å². The van der Waals surface area contributed by atoms with Crippen LogP contribution in [0.3, 0.4) is 0 Å². The molecule has 1 rings (SSSR count). The van der Waals surface area contributed by atoms with E-state index < -0.39 is 6.10 Å². The summed E-state index contributed by atoms with van der Waals surface area (Å²) in [6.45, 7) is 5.28. The van der Waals surface area contributed by atoms with Crippen molar-refractivity contribution in [2.24, 2.45) is 0 Å². The summed E-state index contributed by atoms with van der Waals surface area (Å²) in [5.74, 6) is 0.784. The highest BCUT2D eigenvalue weighted by atomic mass is 16.5. The van der Waals surface area contributed by atoms with Gasteiger partial charge in [-0.1, -0.05) is 12.1 Å². The smallest absolute Gasteiger partial charge is 0.119 e. The zero-order valence-electron chi connectivity index (χ0n) is 12.3. The molecule has 0 bridgehead atoms. The van der Waals surface area contributed by atoms with E-state index in [1.807, 2.05) is 31.2 Å². The Hall–Kier alpha value is -1.14. The minimum atomic E-state index is -0.533. The van der Waals surface area contributed by atoms with Gasteiger partial charge in [-0.25, -0.2) is 0 Å². The molecular formula is C15H25NO4. The molecule has 0 spiro atoms. The van der Waals surface area contributed by atoms with Gasteiger partial charge in [0.25, 0.3) is 0 Å². The van der Waals surface area contributed by atoms with Gasteiger partial charge >= 0.3 is 0 Å². The van der Waals surface area contributed by atoms with Crippen LogP contribution in [0, 0.1) is 6.92 Å². The summed E-state index contributed by atoms with van der Waals surface area (Å²) >= 11 is 0. The number of nitrogens with one attached hydrogen (secondary N) is 1. The van der Waals surface area contributed by atoms with Crippen LogP contribution in [0.25, 0.3) is 0 Å². The number of aliphatic hydroxyl groups is 1. The second-order valence-corrected chi connectivity index (χ2v) is 4.59. The summed E-state index contributed by atoms with van der Waals surface area (Å²) in [6, 6.07) is 7.78. The Morgan fingerprint density at radius 3 is 2.85 bits per heavy atom. The lowest BCUT2D eigenvalue weighted by Crippen LogP contribution is -2.33. The molecule has 1 aromatic carbocycles. The number of benzene rings is 1. The second-order valence-electron chi connectivity index (χ2n) is 4.59. The highest BCUT2D eigenvalue weighted by molar-refractivity contribution is 5.27. The van der Waals surface area contributed by atoms with Crippen LogP contribution in [0.5, 0.6) is 5.75 Å². The molecule has 1 atom stereocenters. The molecule has 0 radical (unpaired) electrons. The Bertz CT molecular complexity index is 359. The third-order valence-electron chi connectivity index (χ3n) is 2.67. The predicted octanol–water partition coefficient (Wildman–Crippen LogP) is 0.987. The number of ether oxygens (including phenoxy) is 3. The monoisotopic (exact) mass is 283 g/mol. The topological polar surface area (TPSA) is 60.0 Å². The maximum atomic E-state index is 9.77. The predicted molar refractivity (Wildman–Crippen MR) is 78.2 cm³/mol. The molecule has 20 heavy (non-hydrogen) atoms. The van der Waals surface area contributed by atoms with Crippen LogP contribution in [0.4, 0.5) is 0 Å². The highest BCUT2D eigenvalue weighted by Crippen LogP contribution is 2.12. The maximum Gasteiger partial charge on any atom is 0.119 e. The second kappa shape index (κ2) is 10.6. The Labute approximate surface area is 120 Å². The van der Waals surface area contributed by atoms with E-state index in [-0.39, 0.29) is 6.61 Å². The first-order valence-electron chi connectivity index (χ1n) is 6.87. The van der Waals surface area contributed by atoms with E-state index in [1.54, 1.807) is 7.11 Å².